The third-order valence-electron chi connectivity index (χ3n) is 3.63. The van der Waals surface area contributed by atoms with Crippen LogP contribution in [-0.2, 0) is 9.84 Å². The van der Waals surface area contributed by atoms with Gasteiger partial charge in [-0.2, -0.15) is 0 Å². The van der Waals surface area contributed by atoms with E-state index in [0.717, 1.165) is 6.26 Å². The average Bonchev–Trinajstić information content (AvgIpc) is 2.52. The number of benzene rings is 2. The van der Waals surface area contributed by atoms with Crippen LogP contribution in [0.4, 0.5) is 0 Å². The van der Waals surface area contributed by atoms with Gasteiger partial charge in [-0.15, -0.1) is 0 Å². The molecule has 1 unspecified atom stereocenters. The lowest BCUT2D eigenvalue weighted by molar-refractivity contribution is 0.108. The number of sulfone groups is 1. The second-order valence-corrected chi connectivity index (χ2v) is 7.91. The van der Waals surface area contributed by atoms with Gasteiger partial charge in [0.05, 0.1) is 4.90 Å². The molecule has 0 aliphatic rings. The molecular weight excluding hydrogens is 312 g/mol. The molecule has 0 amide bonds. The Morgan fingerprint density at radius 2 is 1.70 bits per heavy atom. The molecule has 2 rings (SSSR count). The SMILES string of the molecule is CC(C)c1cccc(OCC(O)c2ccc(S(C)(=O)=O)cc2)c1. The highest BCUT2D eigenvalue weighted by Crippen LogP contribution is 2.22. The highest BCUT2D eigenvalue weighted by atomic mass is 32.2. The van der Waals surface area contributed by atoms with Gasteiger partial charge in [-0.05, 0) is 41.3 Å². The molecule has 0 heterocycles. The standard InChI is InChI=1S/C18H22O4S/c1-13(2)15-5-4-6-16(11-15)22-12-18(19)14-7-9-17(10-8-14)23(3,20)21/h4-11,13,18-19H,12H2,1-3H3. The number of ether oxygens (including phenoxy) is 1. The highest BCUT2D eigenvalue weighted by Gasteiger charge is 2.12. The summed E-state index contributed by atoms with van der Waals surface area (Å²) >= 11 is 0. The molecule has 0 aromatic heterocycles. The molecule has 0 bridgehead atoms. The Hall–Kier alpha value is -1.85. The van der Waals surface area contributed by atoms with Gasteiger partial charge in [0.2, 0.25) is 0 Å². The lowest BCUT2D eigenvalue weighted by Crippen LogP contribution is -2.10. The zero-order valence-corrected chi connectivity index (χ0v) is 14.4. The van der Waals surface area contributed by atoms with Crippen LogP contribution in [0.25, 0.3) is 0 Å². The fraction of sp³-hybridized carbons (Fsp3) is 0.333. The summed E-state index contributed by atoms with van der Waals surface area (Å²) in [6.45, 7) is 4.33. The zero-order valence-electron chi connectivity index (χ0n) is 13.6. The van der Waals surface area contributed by atoms with E-state index in [-0.39, 0.29) is 11.5 Å². The maximum absolute atomic E-state index is 11.4. The first-order valence-electron chi connectivity index (χ1n) is 7.48. The molecule has 2 aromatic carbocycles. The predicted molar refractivity (Wildman–Crippen MR) is 90.5 cm³/mol. The van der Waals surface area contributed by atoms with Crippen molar-refractivity contribution in [1.29, 1.82) is 0 Å². The fourth-order valence-electron chi connectivity index (χ4n) is 2.17. The second kappa shape index (κ2) is 7.15. The smallest absolute Gasteiger partial charge is 0.175 e. The van der Waals surface area contributed by atoms with Gasteiger partial charge in [0, 0.05) is 6.26 Å². The van der Waals surface area contributed by atoms with Gasteiger partial charge < -0.3 is 9.84 Å². The Morgan fingerprint density at radius 3 is 2.26 bits per heavy atom. The van der Waals surface area contributed by atoms with E-state index in [2.05, 4.69) is 13.8 Å². The second-order valence-electron chi connectivity index (χ2n) is 5.90. The first kappa shape index (κ1) is 17.5. The van der Waals surface area contributed by atoms with E-state index in [1.807, 2.05) is 24.3 Å². The van der Waals surface area contributed by atoms with Crippen LogP contribution in [0, 0.1) is 0 Å². The summed E-state index contributed by atoms with van der Waals surface area (Å²) in [5, 5.41) is 10.2. The third kappa shape index (κ3) is 4.81. The summed E-state index contributed by atoms with van der Waals surface area (Å²) in [4.78, 5) is 0.235. The number of rotatable bonds is 6. The van der Waals surface area contributed by atoms with Crippen molar-refractivity contribution in [2.24, 2.45) is 0 Å². The van der Waals surface area contributed by atoms with Crippen molar-refractivity contribution >= 4 is 9.84 Å². The molecule has 0 spiro atoms. The summed E-state index contributed by atoms with van der Waals surface area (Å²) < 4.78 is 28.5. The maximum atomic E-state index is 11.4. The molecule has 2 aromatic rings. The van der Waals surface area contributed by atoms with E-state index in [9.17, 15) is 13.5 Å². The van der Waals surface area contributed by atoms with Crippen LogP contribution >= 0.6 is 0 Å². The lowest BCUT2D eigenvalue weighted by Gasteiger charge is -2.14. The Balaban J connectivity index is 2.02. The lowest BCUT2D eigenvalue weighted by atomic mass is 10.0. The Kier molecular flexibility index (Phi) is 5.44. The quantitative estimate of drug-likeness (QED) is 0.880. The number of hydrogen-bond donors (Lipinski definition) is 1. The third-order valence-corrected chi connectivity index (χ3v) is 4.75. The van der Waals surface area contributed by atoms with E-state index in [4.69, 9.17) is 4.74 Å². The minimum absolute atomic E-state index is 0.111. The monoisotopic (exact) mass is 334 g/mol. The molecular formula is C18H22O4S. The van der Waals surface area contributed by atoms with Crippen molar-refractivity contribution in [2.75, 3.05) is 12.9 Å². The van der Waals surface area contributed by atoms with Crippen molar-refractivity contribution in [3.05, 3.63) is 59.7 Å². The normalized spacial score (nSPS) is 13.1. The Morgan fingerprint density at radius 1 is 1.04 bits per heavy atom. The fourth-order valence-corrected chi connectivity index (χ4v) is 2.80. The van der Waals surface area contributed by atoms with Crippen molar-refractivity contribution in [3.63, 3.8) is 0 Å². The summed E-state index contributed by atoms with van der Waals surface area (Å²) in [5.74, 6) is 1.12. The summed E-state index contributed by atoms with van der Waals surface area (Å²) in [6.07, 6.45) is 0.342. The van der Waals surface area contributed by atoms with E-state index < -0.39 is 15.9 Å². The van der Waals surface area contributed by atoms with E-state index >= 15 is 0 Å². The van der Waals surface area contributed by atoms with Crippen LogP contribution in [0.3, 0.4) is 0 Å². The van der Waals surface area contributed by atoms with E-state index in [1.54, 1.807) is 12.1 Å². The zero-order chi connectivity index (χ0) is 17.0. The van der Waals surface area contributed by atoms with Gasteiger partial charge in [-0.25, -0.2) is 8.42 Å². The van der Waals surface area contributed by atoms with E-state index in [0.29, 0.717) is 17.2 Å². The predicted octanol–water partition coefficient (Wildman–Crippen LogP) is 3.33. The molecule has 1 atom stereocenters. The van der Waals surface area contributed by atoms with Crippen molar-refractivity contribution in [2.45, 2.75) is 30.8 Å². The van der Waals surface area contributed by atoms with Gasteiger partial charge in [0.1, 0.15) is 18.5 Å². The molecule has 124 valence electrons. The topological polar surface area (TPSA) is 63.6 Å². The van der Waals surface area contributed by atoms with Gasteiger partial charge in [0.25, 0.3) is 0 Å². The molecule has 0 radical (unpaired) electrons. The number of hydrogen-bond acceptors (Lipinski definition) is 4. The van der Waals surface area contributed by atoms with Crippen molar-refractivity contribution in [3.8, 4) is 5.75 Å². The van der Waals surface area contributed by atoms with Crippen LogP contribution in [0.15, 0.2) is 53.4 Å². The summed E-state index contributed by atoms with van der Waals surface area (Å²) in [7, 11) is -3.23. The maximum Gasteiger partial charge on any atom is 0.175 e. The van der Waals surface area contributed by atoms with Crippen LogP contribution in [0.2, 0.25) is 0 Å². The van der Waals surface area contributed by atoms with Gasteiger partial charge in [0.15, 0.2) is 9.84 Å². The minimum Gasteiger partial charge on any atom is -0.491 e. The molecule has 0 fully saturated rings. The summed E-state index contributed by atoms with van der Waals surface area (Å²) in [6, 6.07) is 14.0. The molecule has 5 heteroatoms. The van der Waals surface area contributed by atoms with E-state index in [1.165, 1.54) is 17.7 Å². The van der Waals surface area contributed by atoms with Gasteiger partial charge in [-0.1, -0.05) is 38.1 Å². The van der Waals surface area contributed by atoms with Crippen LogP contribution < -0.4 is 4.74 Å². The first-order chi connectivity index (χ1) is 10.8. The van der Waals surface area contributed by atoms with Crippen LogP contribution in [0.5, 0.6) is 5.75 Å². The first-order valence-corrected chi connectivity index (χ1v) is 9.37. The minimum atomic E-state index is -3.23. The Labute approximate surface area is 137 Å². The number of aliphatic hydroxyl groups excluding tert-OH is 1. The van der Waals surface area contributed by atoms with Gasteiger partial charge in [-0.3, -0.25) is 0 Å². The largest absolute Gasteiger partial charge is 0.491 e. The van der Waals surface area contributed by atoms with Crippen LogP contribution in [0.1, 0.15) is 37.0 Å². The molecule has 0 aliphatic heterocycles. The molecule has 0 saturated heterocycles. The highest BCUT2D eigenvalue weighted by molar-refractivity contribution is 7.90. The summed E-state index contributed by atoms with van der Waals surface area (Å²) in [5.41, 5.74) is 1.80. The average molecular weight is 334 g/mol. The number of aliphatic hydroxyl groups is 1. The van der Waals surface area contributed by atoms with Gasteiger partial charge >= 0.3 is 0 Å². The van der Waals surface area contributed by atoms with Crippen LogP contribution in [-0.4, -0.2) is 26.4 Å². The van der Waals surface area contributed by atoms with Crippen molar-refractivity contribution < 1.29 is 18.3 Å². The molecule has 23 heavy (non-hydrogen) atoms. The molecule has 4 nitrogen and oxygen atoms in total. The molecule has 0 saturated carbocycles. The van der Waals surface area contributed by atoms with Crippen molar-refractivity contribution in [1.82, 2.24) is 0 Å². The molecule has 1 N–H and O–H groups in total. The molecule has 0 aliphatic carbocycles. The Bertz CT molecular complexity index is 749.